The Kier molecular flexibility index (Phi) is 5.14. The number of carboxylic acid groups (broad SMARTS) is 1. The number of ether oxygens (including phenoxy) is 1. The molecule has 1 fully saturated rings. The van der Waals surface area contributed by atoms with Gasteiger partial charge in [-0.2, -0.15) is 0 Å². The Labute approximate surface area is 121 Å². The van der Waals surface area contributed by atoms with Crippen molar-refractivity contribution in [3.63, 3.8) is 0 Å². The first kappa shape index (κ1) is 15.0. The lowest BCUT2D eigenvalue weighted by Gasteiger charge is -2.19. The second kappa shape index (κ2) is 6.85. The minimum absolute atomic E-state index is 0.0139. The zero-order chi connectivity index (χ0) is 14.5. The lowest BCUT2D eigenvalue weighted by molar-refractivity contribution is -0.151. The fourth-order valence-electron chi connectivity index (χ4n) is 2.34. The predicted octanol–water partition coefficient (Wildman–Crippen LogP) is 2.34. The third kappa shape index (κ3) is 3.58. The molecule has 2 heterocycles. The van der Waals surface area contributed by atoms with E-state index in [-0.39, 0.29) is 11.9 Å². The summed E-state index contributed by atoms with van der Waals surface area (Å²) < 4.78 is 5.27. The van der Waals surface area contributed by atoms with E-state index < -0.39 is 18.2 Å². The van der Waals surface area contributed by atoms with Gasteiger partial charge in [-0.1, -0.05) is 19.4 Å². The van der Waals surface area contributed by atoms with Gasteiger partial charge in [-0.25, -0.2) is 4.79 Å². The molecule has 1 aromatic heterocycles. The molecule has 6 heteroatoms. The molecule has 20 heavy (non-hydrogen) atoms. The quantitative estimate of drug-likeness (QED) is 0.845. The summed E-state index contributed by atoms with van der Waals surface area (Å²) >= 11 is 1.61. The van der Waals surface area contributed by atoms with Crippen LogP contribution >= 0.6 is 11.3 Å². The lowest BCUT2D eigenvalue weighted by Crippen LogP contribution is -2.37. The molecule has 110 valence electrons. The minimum Gasteiger partial charge on any atom is -0.479 e. The van der Waals surface area contributed by atoms with Crippen molar-refractivity contribution < 1.29 is 19.4 Å². The summed E-state index contributed by atoms with van der Waals surface area (Å²) in [5.41, 5.74) is 0. The van der Waals surface area contributed by atoms with Crippen molar-refractivity contribution in [2.75, 3.05) is 0 Å². The summed E-state index contributed by atoms with van der Waals surface area (Å²) in [6.45, 7) is 2.07. The van der Waals surface area contributed by atoms with Gasteiger partial charge in [0.15, 0.2) is 6.10 Å². The van der Waals surface area contributed by atoms with E-state index in [4.69, 9.17) is 9.84 Å². The number of amides is 1. The zero-order valence-electron chi connectivity index (χ0n) is 11.4. The third-order valence-electron chi connectivity index (χ3n) is 3.37. The highest BCUT2D eigenvalue weighted by Gasteiger charge is 2.35. The van der Waals surface area contributed by atoms with Crippen molar-refractivity contribution in [2.45, 2.75) is 50.9 Å². The van der Waals surface area contributed by atoms with Gasteiger partial charge in [0, 0.05) is 4.88 Å². The molecule has 0 radical (unpaired) electrons. The minimum atomic E-state index is -0.997. The molecular formula is C14H19NO4S. The average molecular weight is 297 g/mol. The largest absolute Gasteiger partial charge is 0.479 e. The number of aliphatic carboxylic acids is 1. The average Bonchev–Trinajstić information content (AvgIpc) is 3.09. The van der Waals surface area contributed by atoms with Gasteiger partial charge in [-0.05, 0) is 30.7 Å². The first-order chi connectivity index (χ1) is 9.61. The molecule has 1 aliphatic rings. The van der Waals surface area contributed by atoms with E-state index in [1.165, 1.54) is 0 Å². The van der Waals surface area contributed by atoms with Crippen molar-refractivity contribution in [1.82, 2.24) is 5.32 Å². The Balaban J connectivity index is 1.94. The van der Waals surface area contributed by atoms with Gasteiger partial charge in [0.05, 0.1) is 6.04 Å². The van der Waals surface area contributed by atoms with E-state index in [0.717, 1.165) is 17.7 Å². The lowest BCUT2D eigenvalue weighted by atomic mass is 10.1. The van der Waals surface area contributed by atoms with Gasteiger partial charge >= 0.3 is 5.97 Å². The van der Waals surface area contributed by atoms with Gasteiger partial charge in [0.2, 0.25) is 5.91 Å². The highest BCUT2D eigenvalue weighted by atomic mass is 32.1. The summed E-state index contributed by atoms with van der Waals surface area (Å²) in [7, 11) is 0. The van der Waals surface area contributed by atoms with Crippen LogP contribution in [0.15, 0.2) is 17.5 Å². The van der Waals surface area contributed by atoms with Crippen LogP contribution < -0.4 is 5.32 Å². The highest BCUT2D eigenvalue weighted by Crippen LogP contribution is 2.25. The molecule has 1 aliphatic heterocycles. The molecule has 1 unspecified atom stereocenters. The number of rotatable bonds is 6. The van der Waals surface area contributed by atoms with E-state index >= 15 is 0 Å². The molecular weight excluding hydrogens is 278 g/mol. The van der Waals surface area contributed by atoms with Gasteiger partial charge < -0.3 is 15.2 Å². The van der Waals surface area contributed by atoms with Gasteiger partial charge in [0.25, 0.3) is 0 Å². The predicted molar refractivity (Wildman–Crippen MR) is 75.6 cm³/mol. The summed E-state index contributed by atoms with van der Waals surface area (Å²) in [6.07, 6.45) is 1.19. The standard InChI is InChI=1S/C14H19NO4S/c1-2-4-9(12-5-3-8-20-12)15-13(16)10-6-7-11(19-10)14(17)18/h3,5,8-11H,2,4,6-7H2,1H3,(H,15,16)(H,17,18)/t9?,10-,11+/m0/s1. The van der Waals surface area contributed by atoms with Crippen molar-refractivity contribution in [3.8, 4) is 0 Å². The SMILES string of the molecule is CCCC(NC(=O)[C@@H]1CC[C@H](C(=O)O)O1)c1cccs1. The van der Waals surface area contributed by atoms with E-state index in [0.29, 0.717) is 12.8 Å². The second-order valence-corrected chi connectivity index (χ2v) is 5.87. The smallest absolute Gasteiger partial charge is 0.332 e. The fourth-order valence-corrected chi connectivity index (χ4v) is 3.15. The zero-order valence-corrected chi connectivity index (χ0v) is 12.2. The number of nitrogens with one attached hydrogen (secondary N) is 1. The molecule has 2 rings (SSSR count). The molecule has 0 bridgehead atoms. The Hall–Kier alpha value is -1.40. The Morgan fingerprint density at radius 2 is 2.25 bits per heavy atom. The summed E-state index contributed by atoms with van der Waals surface area (Å²) in [6, 6.07) is 3.95. The molecule has 2 N–H and O–H groups in total. The number of carbonyl (C=O) groups excluding carboxylic acids is 1. The molecule has 5 nitrogen and oxygen atoms in total. The van der Waals surface area contributed by atoms with Crippen LogP contribution in [0.2, 0.25) is 0 Å². The first-order valence-corrected chi connectivity index (χ1v) is 7.71. The van der Waals surface area contributed by atoms with Crippen LogP contribution in [0.5, 0.6) is 0 Å². The topological polar surface area (TPSA) is 75.6 Å². The van der Waals surface area contributed by atoms with Crippen LogP contribution in [0.1, 0.15) is 43.5 Å². The van der Waals surface area contributed by atoms with Gasteiger partial charge in [0.1, 0.15) is 6.10 Å². The molecule has 1 aromatic rings. The number of carboxylic acids is 1. The van der Waals surface area contributed by atoms with E-state index in [9.17, 15) is 9.59 Å². The number of hydrogen-bond acceptors (Lipinski definition) is 4. The van der Waals surface area contributed by atoms with Crippen molar-refractivity contribution in [2.24, 2.45) is 0 Å². The van der Waals surface area contributed by atoms with Crippen molar-refractivity contribution in [1.29, 1.82) is 0 Å². The van der Waals surface area contributed by atoms with Gasteiger partial charge in [-0.15, -0.1) is 11.3 Å². The maximum Gasteiger partial charge on any atom is 0.332 e. The monoisotopic (exact) mass is 297 g/mol. The molecule has 0 saturated carbocycles. The molecule has 0 aliphatic carbocycles. The maximum absolute atomic E-state index is 12.2. The number of carbonyl (C=O) groups is 2. The molecule has 1 saturated heterocycles. The van der Waals surface area contributed by atoms with E-state index in [1.54, 1.807) is 11.3 Å². The van der Waals surface area contributed by atoms with Crippen molar-refractivity contribution >= 4 is 23.2 Å². The van der Waals surface area contributed by atoms with Crippen LogP contribution in [0.4, 0.5) is 0 Å². The Morgan fingerprint density at radius 3 is 2.80 bits per heavy atom. The van der Waals surface area contributed by atoms with Crippen LogP contribution in [0, 0.1) is 0 Å². The number of thiophene rings is 1. The summed E-state index contributed by atoms with van der Waals surface area (Å²) in [4.78, 5) is 24.1. The Morgan fingerprint density at radius 1 is 1.50 bits per heavy atom. The van der Waals surface area contributed by atoms with Gasteiger partial charge in [-0.3, -0.25) is 4.79 Å². The van der Waals surface area contributed by atoms with Crippen molar-refractivity contribution in [3.05, 3.63) is 22.4 Å². The van der Waals surface area contributed by atoms with E-state index in [2.05, 4.69) is 12.2 Å². The Bertz CT molecular complexity index is 460. The summed E-state index contributed by atoms with van der Waals surface area (Å²) in [5.74, 6) is -1.20. The summed E-state index contributed by atoms with van der Waals surface area (Å²) in [5, 5.41) is 13.8. The number of hydrogen-bond donors (Lipinski definition) is 2. The molecule has 1 amide bonds. The third-order valence-corrected chi connectivity index (χ3v) is 4.35. The molecule has 0 aromatic carbocycles. The van der Waals surface area contributed by atoms with Crippen LogP contribution in [0.25, 0.3) is 0 Å². The molecule has 0 spiro atoms. The molecule has 3 atom stereocenters. The first-order valence-electron chi connectivity index (χ1n) is 6.83. The maximum atomic E-state index is 12.2. The second-order valence-electron chi connectivity index (χ2n) is 4.89. The van der Waals surface area contributed by atoms with Crippen LogP contribution in [-0.4, -0.2) is 29.2 Å². The van der Waals surface area contributed by atoms with Crippen LogP contribution in [-0.2, 0) is 14.3 Å². The highest BCUT2D eigenvalue weighted by molar-refractivity contribution is 7.10. The van der Waals surface area contributed by atoms with E-state index in [1.807, 2.05) is 17.5 Å². The normalized spacial score (nSPS) is 23.4. The van der Waals surface area contributed by atoms with Crippen LogP contribution in [0.3, 0.4) is 0 Å². The fraction of sp³-hybridized carbons (Fsp3) is 0.571.